The molecule has 2 N–H and O–H groups in total. The van der Waals surface area contributed by atoms with E-state index in [0.29, 0.717) is 48.2 Å². The van der Waals surface area contributed by atoms with Crippen molar-refractivity contribution in [1.29, 1.82) is 0 Å². The summed E-state index contributed by atoms with van der Waals surface area (Å²) < 4.78 is 26.3. The smallest absolute Gasteiger partial charge is 0.311 e. The second kappa shape index (κ2) is 27.3. The predicted octanol–water partition coefficient (Wildman–Crippen LogP) is 9.52. The van der Waals surface area contributed by atoms with E-state index < -0.39 is 12.3 Å². The van der Waals surface area contributed by atoms with E-state index in [2.05, 4.69) is 55.4 Å². The van der Waals surface area contributed by atoms with Gasteiger partial charge in [0.1, 0.15) is 6.10 Å². The van der Waals surface area contributed by atoms with Gasteiger partial charge in [-0.2, -0.15) is 0 Å². The molecule has 0 radical (unpaired) electrons. The molecular weight excluding hydrogens is 648 g/mol. The van der Waals surface area contributed by atoms with Gasteiger partial charge in [0.25, 0.3) is 0 Å². The largest absolute Gasteiger partial charge is 0.481 e. The number of epoxide rings is 1. The highest BCUT2D eigenvalue weighted by atomic mass is 16.7. The average molecular weight is 729 g/mol. The number of aliphatic carboxylic acids is 1. The van der Waals surface area contributed by atoms with E-state index in [0.717, 1.165) is 90.1 Å². The van der Waals surface area contributed by atoms with E-state index in [1.54, 1.807) is 0 Å². The van der Waals surface area contributed by atoms with Crippen LogP contribution in [-0.2, 0) is 33.3 Å². The van der Waals surface area contributed by atoms with Crippen LogP contribution in [0.3, 0.4) is 0 Å². The average Bonchev–Trinajstić information content (AvgIpc) is 3.93. The van der Waals surface area contributed by atoms with Crippen molar-refractivity contribution in [1.82, 2.24) is 0 Å². The van der Waals surface area contributed by atoms with Crippen molar-refractivity contribution in [2.45, 2.75) is 171 Å². The molecule has 51 heavy (non-hydrogen) atoms. The van der Waals surface area contributed by atoms with Gasteiger partial charge in [-0.25, -0.2) is 0 Å². The highest BCUT2D eigenvalue weighted by Crippen LogP contribution is 2.35. The van der Waals surface area contributed by atoms with Crippen molar-refractivity contribution in [3.05, 3.63) is 0 Å². The molecule has 302 valence electrons. The van der Waals surface area contributed by atoms with Crippen LogP contribution in [0, 0.1) is 53.3 Å². The number of carboxylic acid groups (broad SMARTS) is 1. The van der Waals surface area contributed by atoms with Gasteiger partial charge in [0.15, 0.2) is 6.29 Å². The number of carboxylic acids is 1. The lowest BCUT2D eigenvalue weighted by molar-refractivity contribution is -0.184. The summed E-state index contributed by atoms with van der Waals surface area (Å²) in [6.45, 7) is 25.6. The molecule has 2 aliphatic heterocycles. The minimum Gasteiger partial charge on any atom is -0.481 e. The molecule has 9 heteroatoms. The van der Waals surface area contributed by atoms with Gasteiger partial charge >= 0.3 is 11.9 Å². The molecule has 8 atom stereocenters. The lowest BCUT2D eigenvalue weighted by Crippen LogP contribution is -2.30. The van der Waals surface area contributed by atoms with E-state index >= 15 is 0 Å². The van der Waals surface area contributed by atoms with Crippen LogP contribution < -0.4 is 0 Å². The standard InChI is InChI=1S/C15H28O3.C10H18O2.C9H18O2.C8H16O2/c1-5-14(17-6-2)18-15(16)13-9-7-8-12(10-13)11(3)4;1-7(2)8-4-3-5-9(6-8)10(11)12;1-8(2)4-3-5-10-6-9-7-11-9;1-6(2)7-3-4-8(9)10-5-7/h11-14H,5-10H2,1-4H3;7-9H,3-6H2,1-2H3,(H,11,12);8-9H,3-7H2,1-2H3;6-9H,3-5H2,1-2H3. The molecule has 2 saturated heterocycles. The molecular formula is C42H80O9. The van der Waals surface area contributed by atoms with Crippen LogP contribution in [0.2, 0.25) is 0 Å². The summed E-state index contributed by atoms with van der Waals surface area (Å²) in [4.78, 5) is 22.8. The quantitative estimate of drug-likeness (QED) is 0.0734. The summed E-state index contributed by atoms with van der Waals surface area (Å²) in [6, 6.07) is 0. The normalized spacial score (nSPS) is 28.1. The van der Waals surface area contributed by atoms with E-state index in [1.807, 2.05) is 13.8 Å². The number of rotatable bonds is 15. The number of carbonyl (C=O) groups is 2. The maximum atomic E-state index is 12.1. The van der Waals surface area contributed by atoms with Crippen molar-refractivity contribution in [3.8, 4) is 0 Å². The number of hydrogen-bond donors (Lipinski definition) is 2. The van der Waals surface area contributed by atoms with Crippen LogP contribution in [0.1, 0.15) is 153 Å². The maximum absolute atomic E-state index is 12.1. The lowest BCUT2D eigenvalue weighted by Gasteiger charge is -2.31. The summed E-state index contributed by atoms with van der Waals surface area (Å²) in [6.07, 6.45) is 13.1. The zero-order valence-electron chi connectivity index (χ0n) is 34.4. The summed E-state index contributed by atoms with van der Waals surface area (Å²) in [5.74, 6) is 4.13. The van der Waals surface area contributed by atoms with Gasteiger partial charge in [-0.05, 0) is 99.7 Å². The summed E-state index contributed by atoms with van der Waals surface area (Å²) in [7, 11) is 0. The van der Waals surface area contributed by atoms with Gasteiger partial charge in [0, 0.05) is 19.6 Å². The Bertz CT molecular complexity index is 876. The first kappa shape index (κ1) is 47.8. The zero-order chi connectivity index (χ0) is 38.3. The van der Waals surface area contributed by atoms with Crippen molar-refractivity contribution in [2.75, 3.05) is 33.0 Å². The van der Waals surface area contributed by atoms with Crippen LogP contribution >= 0.6 is 0 Å². The molecule has 2 heterocycles. The molecule has 8 unspecified atom stereocenters. The monoisotopic (exact) mass is 729 g/mol. The highest BCUT2D eigenvalue weighted by Gasteiger charge is 2.31. The fourth-order valence-electron chi connectivity index (χ4n) is 7.01. The molecule has 2 aliphatic carbocycles. The van der Waals surface area contributed by atoms with Crippen molar-refractivity contribution < 1.29 is 43.5 Å². The van der Waals surface area contributed by atoms with Crippen LogP contribution in [0.4, 0.5) is 0 Å². The summed E-state index contributed by atoms with van der Waals surface area (Å²) in [5.41, 5.74) is 0. The third-order valence-corrected chi connectivity index (χ3v) is 10.9. The van der Waals surface area contributed by atoms with Crippen LogP contribution in [0.5, 0.6) is 0 Å². The number of ether oxygens (including phenoxy) is 5. The van der Waals surface area contributed by atoms with Crippen molar-refractivity contribution >= 4 is 11.9 Å². The van der Waals surface area contributed by atoms with Gasteiger partial charge in [-0.1, -0.05) is 88.0 Å². The molecule has 4 fully saturated rings. The first-order valence-electron chi connectivity index (χ1n) is 20.7. The number of aliphatic hydroxyl groups excluding tert-OH is 1. The van der Waals surface area contributed by atoms with Gasteiger partial charge in [-0.3, -0.25) is 9.59 Å². The molecule has 4 aliphatic rings. The third kappa shape index (κ3) is 22.5. The maximum Gasteiger partial charge on any atom is 0.311 e. The predicted molar refractivity (Wildman–Crippen MR) is 204 cm³/mol. The Kier molecular flexibility index (Phi) is 25.6. The molecule has 0 spiro atoms. The van der Waals surface area contributed by atoms with Crippen molar-refractivity contribution in [2.24, 2.45) is 53.3 Å². The molecule has 0 aromatic heterocycles. The fourth-order valence-corrected chi connectivity index (χ4v) is 7.01. The van der Waals surface area contributed by atoms with Gasteiger partial charge in [0.05, 0.1) is 31.7 Å². The summed E-state index contributed by atoms with van der Waals surface area (Å²) in [5, 5.41) is 17.8. The Morgan fingerprint density at radius 1 is 0.745 bits per heavy atom. The van der Waals surface area contributed by atoms with E-state index in [9.17, 15) is 9.59 Å². The number of carbonyl (C=O) groups excluding carboxylic acids is 1. The molecule has 0 aromatic carbocycles. The molecule has 9 nitrogen and oxygen atoms in total. The molecule has 0 bridgehead atoms. The Balaban J connectivity index is 0.000000350. The minimum absolute atomic E-state index is 0.0550. The molecule has 0 aromatic rings. The second-order valence-electron chi connectivity index (χ2n) is 16.7. The minimum atomic E-state index is -0.597. The topological polar surface area (TPSA) is 124 Å². The lowest BCUT2D eigenvalue weighted by atomic mass is 9.76. The molecule has 2 saturated carbocycles. The van der Waals surface area contributed by atoms with E-state index in [1.165, 1.54) is 25.7 Å². The Labute approximate surface area is 312 Å². The van der Waals surface area contributed by atoms with Crippen LogP contribution in [0.25, 0.3) is 0 Å². The number of aliphatic hydroxyl groups is 1. The Morgan fingerprint density at radius 3 is 1.76 bits per heavy atom. The van der Waals surface area contributed by atoms with Crippen LogP contribution in [-0.4, -0.2) is 73.9 Å². The summed E-state index contributed by atoms with van der Waals surface area (Å²) >= 11 is 0. The first-order valence-corrected chi connectivity index (χ1v) is 20.7. The molecule has 0 amide bonds. The van der Waals surface area contributed by atoms with Crippen LogP contribution in [0.15, 0.2) is 0 Å². The van der Waals surface area contributed by atoms with E-state index in [-0.39, 0.29) is 24.1 Å². The third-order valence-electron chi connectivity index (χ3n) is 10.9. The Hall–Kier alpha value is -1.26. The van der Waals surface area contributed by atoms with Gasteiger partial charge < -0.3 is 33.9 Å². The molecule has 4 rings (SSSR count). The van der Waals surface area contributed by atoms with Gasteiger partial charge in [0.2, 0.25) is 6.29 Å². The van der Waals surface area contributed by atoms with E-state index in [4.69, 9.17) is 33.9 Å². The number of esters is 1. The number of hydrogen-bond acceptors (Lipinski definition) is 8. The highest BCUT2D eigenvalue weighted by molar-refractivity contribution is 5.72. The van der Waals surface area contributed by atoms with Gasteiger partial charge in [-0.15, -0.1) is 0 Å². The second-order valence-corrected chi connectivity index (χ2v) is 16.7. The Morgan fingerprint density at radius 2 is 1.31 bits per heavy atom. The fraction of sp³-hybridized carbons (Fsp3) is 0.952. The SMILES string of the molecule is CC(C)C1CCC(O)OC1.CC(C)C1CCCC(C(=O)O)C1.CC(C)CCCOCC1CO1.CCOC(CC)OC(=O)C1CCCC(C(C)C)C1. The van der Waals surface area contributed by atoms with Crippen molar-refractivity contribution in [3.63, 3.8) is 0 Å². The first-order chi connectivity index (χ1) is 24.2. The zero-order valence-corrected chi connectivity index (χ0v) is 34.4.